The monoisotopic (exact) mass is 304 g/mol. The average Bonchev–Trinajstić information content (AvgIpc) is 3.18. The summed E-state index contributed by atoms with van der Waals surface area (Å²) in [5.74, 6) is 1.05. The number of carbonyl (C=O) groups excluding carboxylic acids is 1. The van der Waals surface area contributed by atoms with Crippen LogP contribution in [-0.4, -0.2) is 11.1 Å². The van der Waals surface area contributed by atoms with Gasteiger partial charge in [-0.1, -0.05) is 24.1 Å². The number of thiophene rings is 1. The highest BCUT2D eigenvalue weighted by Crippen LogP contribution is 2.37. The highest BCUT2D eigenvalue weighted by Gasteiger charge is 2.30. The second kappa shape index (κ2) is 6.02. The van der Waals surface area contributed by atoms with Gasteiger partial charge >= 0.3 is 0 Å². The smallest absolute Gasteiger partial charge is 0.257 e. The average molecular weight is 304 g/mol. The fourth-order valence-electron chi connectivity index (χ4n) is 3.20. The van der Waals surface area contributed by atoms with Crippen molar-refractivity contribution in [2.24, 2.45) is 5.92 Å². The molecule has 1 N–H and O–H groups in total. The Balaban J connectivity index is 1.83. The van der Waals surface area contributed by atoms with E-state index in [0.717, 1.165) is 0 Å². The van der Waals surface area contributed by atoms with Gasteiger partial charge in [0, 0.05) is 4.88 Å². The lowest BCUT2D eigenvalue weighted by Gasteiger charge is -2.23. The third-order valence-electron chi connectivity index (χ3n) is 4.27. The summed E-state index contributed by atoms with van der Waals surface area (Å²) in [7, 11) is 0. The van der Waals surface area contributed by atoms with Crippen molar-refractivity contribution in [2.45, 2.75) is 45.6 Å². The van der Waals surface area contributed by atoms with E-state index in [1.165, 1.54) is 30.6 Å². The van der Waals surface area contributed by atoms with Gasteiger partial charge in [0.2, 0.25) is 0 Å². The molecule has 2 heterocycles. The van der Waals surface area contributed by atoms with Crippen molar-refractivity contribution in [1.29, 1.82) is 0 Å². The Bertz CT molecular complexity index is 593. The normalized spacial score (nSPS) is 17.0. The van der Waals surface area contributed by atoms with Gasteiger partial charge in [0.25, 0.3) is 5.91 Å². The molecule has 0 saturated heterocycles. The van der Waals surface area contributed by atoms with Gasteiger partial charge in [-0.2, -0.15) is 0 Å². The molecule has 1 amide bonds. The SMILES string of the molecule is Cc1noc(C)c1C(=O)NC(c1cccs1)C1CCCC1. The summed E-state index contributed by atoms with van der Waals surface area (Å²) in [4.78, 5) is 13.8. The maximum Gasteiger partial charge on any atom is 0.257 e. The lowest BCUT2D eigenvalue weighted by Crippen LogP contribution is -2.32. The highest BCUT2D eigenvalue weighted by molar-refractivity contribution is 7.10. The molecule has 1 fully saturated rings. The molecule has 0 radical (unpaired) electrons. The van der Waals surface area contributed by atoms with Crippen LogP contribution in [0.4, 0.5) is 0 Å². The van der Waals surface area contributed by atoms with Gasteiger partial charge in [-0.3, -0.25) is 4.79 Å². The summed E-state index contributed by atoms with van der Waals surface area (Å²) in [5.41, 5.74) is 1.23. The molecule has 1 atom stereocenters. The Morgan fingerprint density at radius 3 is 2.76 bits per heavy atom. The van der Waals surface area contributed by atoms with Crippen LogP contribution in [0, 0.1) is 19.8 Å². The first-order valence-electron chi connectivity index (χ1n) is 7.44. The fourth-order valence-corrected chi connectivity index (χ4v) is 4.07. The minimum absolute atomic E-state index is 0.0726. The molecule has 4 nitrogen and oxygen atoms in total. The zero-order chi connectivity index (χ0) is 14.8. The van der Waals surface area contributed by atoms with E-state index in [4.69, 9.17) is 4.52 Å². The number of hydrogen-bond acceptors (Lipinski definition) is 4. The Labute approximate surface area is 128 Å². The molecule has 21 heavy (non-hydrogen) atoms. The Kier molecular flexibility index (Phi) is 4.10. The van der Waals surface area contributed by atoms with E-state index in [-0.39, 0.29) is 11.9 Å². The van der Waals surface area contributed by atoms with E-state index >= 15 is 0 Å². The van der Waals surface area contributed by atoms with E-state index < -0.39 is 0 Å². The topological polar surface area (TPSA) is 55.1 Å². The van der Waals surface area contributed by atoms with Crippen LogP contribution < -0.4 is 5.32 Å². The van der Waals surface area contributed by atoms with E-state index in [1.54, 1.807) is 25.2 Å². The second-order valence-electron chi connectivity index (χ2n) is 5.71. The molecular weight excluding hydrogens is 284 g/mol. The number of carbonyl (C=O) groups is 1. The zero-order valence-electron chi connectivity index (χ0n) is 12.4. The molecule has 2 aromatic heterocycles. The van der Waals surface area contributed by atoms with Crippen LogP contribution in [0.5, 0.6) is 0 Å². The lowest BCUT2D eigenvalue weighted by atomic mass is 9.96. The molecular formula is C16H20N2O2S. The molecule has 5 heteroatoms. The van der Waals surface area contributed by atoms with E-state index in [2.05, 4.69) is 21.9 Å². The number of aryl methyl sites for hydroxylation is 2. The number of amides is 1. The van der Waals surface area contributed by atoms with Crippen LogP contribution in [0.3, 0.4) is 0 Å². The standard InChI is InChI=1S/C16H20N2O2S/c1-10-14(11(2)20-18-10)16(19)17-15(12-6-3-4-7-12)13-8-5-9-21-13/h5,8-9,12,15H,3-4,6-7H2,1-2H3,(H,17,19). The van der Waals surface area contributed by atoms with Gasteiger partial charge in [-0.05, 0) is 44.1 Å². The van der Waals surface area contributed by atoms with Crippen LogP contribution in [0.1, 0.15) is 58.4 Å². The van der Waals surface area contributed by atoms with Crippen molar-refractivity contribution >= 4 is 17.2 Å². The predicted molar refractivity (Wildman–Crippen MR) is 82.5 cm³/mol. The van der Waals surface area contributed by atoms with Gasteiger partial charge < -0.3 is 9.84 Å². The molecule has 3 rings (SSSR count). The van der Waals surface area contributed by atoms with Gasteiger partial charge in [0.15, 0.2) is 0 Å². The number of nitrogens with one attached hydrogen (secondary N) is 1. The largest absolute Gasteiger partial charge is 0.361 e. The minimum atomic E-state index is -0.0726. The van der Waals surface area contributed by atoms with Crippen molar-refractivity contribution < 1.29 is 9.32 Å². The molecule has 2 aromatic rings. The van der Waals surface area contributed by atoms with Crippen molar-refractivity contribution in [2.75, 3.05) is 0 Å². The summed E-state index contributed by atoms with van der Waals surface area (Å²) in [5, 5.41) is 9.16. The lowest BCUT2D eigenvalue weighted by molar-refractivity contribution is 0.0920. The first-order chi connectivity index (χ1) is 10.2. The quantitative estimate of drug-likeness (QED) is 0.928. The molecule has 1 saturated carbocycles. The van der Waals surface area contributed by atoms with Crippen LogP contribution in [-0.2, 0) is 0 Å². The van der Waals surface area contributed by atoms with Crippen molar-refractivity contribution in [3.63, 3.8) is 0 Å². The molecule has 0 bridgehead atoms. The number of nitrogens with zero attached hydrogens (tertiary/aromatic N) is 1. The van der Waals surface area contributed by atoms with Crippen LogP contribution in [0.2, 0.25) is 0 Å². The Morgan fingerprint density at radius 1 is 1.43 bits per heavy atom. The third-order valence-corrected chi connectivity index (χ3v) is 5.22. The molecule has 0 aliphatic heterocycles. The molecule has 1 aliphatic carbocycles. The maximum atomic E-state index is 12.6. The van der Waals surface area contributed by atoms with Crippen molar-refractivity contribution in [3.05, 3.63) is 39.4 Å². The number of hydrogen-bond donors (Lipinski definition) is 1. The molecule has 1 unspecified atom stereocenters. The summed E-state index contributed by atoms with van der Waals surface area (Å²) in [6.07, 6.45) is 4.89. The van der Waals surface area contributed by atoms with Gasteiger partial charge in [0.1, 0.15) is 11.3 Å². The molecule has 0 aromatic carbocycles. The third kappa shape index (κ3) is 2.88. The van der Waals surface area contributed by atoms with Crippen LogP contribution >= 0.6 is 11.3 Å². The Hall–Kier alpha value is -1.62. The highest BCUT2D eigenvalue weighted by atomic mass is 32.1. The number of aromatic nitrogens is 1. The van der Waals surface area contributed by atoms with Crippen LogP contribution in [0.15, 0.2) is 22.0 Å². The van der Waals surface area contributed by atoms with Crippen LogP contribution in [0.25, 0.3) is 0 Å². The summed E-state index contributed by atoms with van der Waals surface area (Å²) >= 11 is 1.71. The van der Waals surface area contributed by atoms with Crippen molar-refractivity contribution in [1.82, 2.24) is 10.5 Å². The van der Waals surface area contributed by atoms with E-state index in [1.807, 2.05) is 6.07 Å². The van der Waals surface area contributed by atoms with Gasteiger partial charge in [-0.25, -0.2) is 0 Å². The summed E-state index contributed by atoms with van der Waals surface area (Å²) in [6.45, 7) is 3.59. The maximum absolute atomic E-state index is 12.6. The molecule has 112 valence electrons. The number of rotatable bonds is 4. The summed E-state index contributed by atoms with van der Waals surface area (Å²) in [6, 6.07) is 4.26. The summed E-state index contributed by atoms with van der Waals surface area (Å²) < 4.78 is 5.11. The Morgan fingerprint density at radius 2 is 2.19 bits per heavy atom. The second-order valence-corrected chi connectivity index (χ2v) is 6.69. The fraction of sp³-hybridized carbons (Fsp3) is 0.500. The first kappa shape index (κ1) is 14.3. The zero-order valence-corrected chi connectivity index (χ0v) is 13.2. The van der Waals surface area contributed by atoms with E-state index in [9.17, 15) is 4.79 Å². The first-order valence-corrected chi connectivity index (χ1v) is 8.32. The minimum Gasteiger partial charge on any atom is -0.361 e. The molecule has 1 aliphatic rings. The predicted octanol–water partition coefficient (Wildman–Crippen LogP) is 4.01. The van der Waals surface area contributed by atoms with E-state index in [0.29, 0.717) is 22.9 Å². The van der Waals surface area contributed by atoms with Crippen molar-refractivity contribution in [3.8, 4) is 0 Å². The van der Waals surface area contributed by atoms with Gasteiger partial charge in [0.05, 0.1) is 11.7 Å². The van der Waals surface area contributed by atoms with Gasteiger partial charge in [-0.15, -0.1) is 11.3 Å². The molecule has 0 spiro atoms.